The molecule has 0 saturated carbocycles. The lowest BCUT2D eigenvalue weighted by atomic mass is 10.3. The van der Waals surface area contributed by atoms with E-state index in [-0.39, 0.29) is 5.91 Å². The van der Waals surface area contributed by atoms with Crippen LogP contribution < -0.4 is 5.32 Å². The van der Waals surface area contributed by atoms with Crippen LogP contribution in [0.1, 0.15) is 16.2 Å². The second-order valence-electron chi connectivity index (χ2n) is 4.90. The van der Waals surface area contributed by atoms with Crippen molar-refractivity contribution < 1.29 is 4.79 Å². The first-order chi connectivity index (χ1) is 10.6. The summed E-state index contributed by atoms with van der Waals surface area (Å²) in [5, 5.41) is 16.9. The minimum atomic E-state index is -0.226. The second kappa shape index (κ2) is 6.10. The van der Waals surface area contributed by atoms with Crippen LogP contribution in [0.25, 0.3) is 10.6 Å². The monoisotopic (exact) mass is 316 g/mol. The number of thiophene rings is 1. The maximum Gasteiger partial charge on any atom is 0.273 e. The number of carbonyl (C=O) groups excluding carboxylic acids is 1. The SMILES string of the molecule is Cc1cc(-c2cccs2)nn1CCNC(=O)c1cn(C)nn1. The predicted octanol–water partition coefficient (Wildman–Crippen LogP) is 1.48. The van der Waals surface area contributed by atoms with Gasteiger partial charge in [-0.25, -0.2) is 0 Å². The average molecular weight is 316 g/mol. The Morgan fingerprint density at radius 1 is 1.45 bits per heavy atom. The minimum absolute atomic E-state index is 0.226. The Hall–Kier alpha value is -2.48. The molecule has 0 radical (unpaired) electrons. The Morgan fingerprint density at radius 3 is 3.00 bits per heavy atom. The summed E-state index contributed by atoms with van der Waals surface area (Å²) in [5.74, 6) is -0.226. The molecule has 3 aromatic rings. The molecule has 1 N–H and O–H groups in total. The number of carbonyl (C=O) groups is 1. The van der Waals surface area contributed by atoms with Gasteiger partial charge in [0.2, 0.25) is 0 Å². The largest absolute Gasteiger partial charge is 0.349 e. The Labute approximate surface area is 131 Å². The smallest absolute Gasteiger partial charge is 0.273 e. The summed E-state index contributed by atoms with van der Waals surface area (Å²) in [5.41, 5.74) is 2.35. The molecule has 3 rings (SSSR count). The van der Waals surface area contributed by atoms with Gasteiger partial charge in [0.05, 0.1) is 17.6 Å². The van der Waals surface area contributed by atoms with Crippen LogP contribution in [0.15, 0.2) is 29.8 Å². The van der Waals surface area contributed by atoms with Gasteiger partial charge >= 0.3 is 0 Å². The number of nitrogens with zero attached hydrogens (tertiary/aromatic N) is 5. The van der Waals surface area contributed by atoms with E-state index in [0.717, 1.165) is 16.3 Å². The number of rotatable bonds is 5. The highest BCUT2D eigenvalue weighted by molar-refractivity contribution is 7.13. The molecular formula is C14H16N6OS. The van der Waals surface area contributed by atoms with Gasteiger partial charge in [0, 0.05) is 19.3 Å². The molecule has 0 atom stereocenters. The Balaban J connectivity index is 1.59. The standard InChI is InChI=1S/C14H16N6OS/c1-10-8-11(13-4-3-7-22-13)17-20(10)6-5-15-14(21)12-9-19(2)18-16-12/h3-4,7-9H,5-6H2,1-2H3,(H,15,21). The zero-order valence-corrected chi connectivity index (χ0v) is 13.2. The first kappa shape index (κ1) is 14.5. The first-order valence-corrected chi connectivity index (χ1v) is 7.74. The van der Waals surface area contributed by atoms with E-state index in [0.29, 0.717) is 18.8 Å². The highest BCUT2D eigenvalue weighted by Crippen LogP contribution is 2.23. The van der Waals surface area contributed by atoms with Crippen LogP contribution in [-0.4, -0.2) is 37.2 Å². The molecule has 1 amide bonds. The Bertz CT molecular complexity index is 773. The van der Waals surface area contributed by atoms with Crippen molar-refractivity contribution in [2.24, 2.45) is 7.05 Å². The van der Waals surface area contributed by atoms with Crippen LogP contribution in [-0.2, 0) is 13.6 Å². The summed E-state index contributed by atoms with van der Waals surface area (Å²) in [7, 11) is 1.73. The van der Waals surface area contributed by atoms with Gasteiger partial charge in [-0.05, 0) is 24.4 Å². The van der Waals surface area contributed by atoms with Crippen LogP contribution in [0.2, 0.25) is 0 Å². The number of hydrogen-bond acceptors (Lipinski definition) is 5. The molecule has 0 saturated heterocycles. The molecule has 0 spiro atoms. The molecule has 0 bridgehead atoms. The van der Waals surface area contributed by atoms with Crippen molar-refractivity contribution in [2.75, 3.05) is 6.54 Å². The van der Waals surface area contributed by atoms with E-state index in [9.17, 15) is 4.79 Å². The summed E-state index contributed by atoms with van der Waals surface area (Å²) in [6, 6.07) is 6.11. The fourth-order valence-corrected chi connectivity index (χ4v) is 2.78. The molecule has 0 aliphatic rings. The molecule has 7 nitrogen and oxygen atoms in total. The summed E-state index contributed by atoms with van der Waals surface area (Å²) in [4.78, 5) is 13.0. The van der Waals surface area contributed by atoms with Gasteiger partial charge in [-0.3, -0.25) is 14.2 Å². The van der Waals surface area contributed by atoms with Gasteiger partial charge in [0.15, 0.2) is 5.69 Å². The highest BCUT2D eigenvalue weighted by Gasteiger charge is 2.10. The lowest BCUT2D eigenvalue weighted by Gasteiger charge is -2.05. The van der Waals surface area contributed by atoms with Crippen molar-refractivity contribution in [1.82, 2.24) is 30.1 Å². The van der Waals surface area contributed by atoms with Gasteiger partial charge < -0.3 is 5.32 Å². The molecule has 114 valence electrons. The molecule has 3 aromatic heterocycles. The third-order valence-corrected chi connectivity index (χ3v) is 4.09. The van der Waals surface area contributed by atoms with Crippen molar-refractivity contribution in [3.63, 3.8) is 0 Å². The number of aryl methyl sites for hydroxylation is 2. The zero-order valence-electron chi connectivity index (χ0n) is 12.4. The second-order valence-corrected chi connectivity index (χ2v) is 5.85. The number of aromatic nitrogens is 5. The summed E-state index contributed by atoms with van der Waals surface area (Å²) >= 11 is 1.66. The molecular weight excluding hydrogens is 300 g/mol. The molecule has 0 fully saturated rings. The summed E-state index contributed by atoms with van der Waals surface area (Å²) in [6.45, 7) is 3.11. The van der Waals surface area contributed by atoms with Crippen molar-refractivity contribution in [2.45, 2.75) is 13.5 Å². The van der Waals surface area contributed by atoms with Gasteiger partial charge in [-0.1, -0.05) is 11.3 Å². The van der Waals surface area contributed by atoms with Crippen molar-refractivity contribution in [3.8, 4) is 10.6 Å². The van der Waals surface area contributed by atoms with Crippen LogP contribution in [0, 0.1) is 6.92 Å². The molecule has 0 aromatic carbocycles. The number of amides is 1. The highest BCUT2D eigenvalue weighted by atomic mass is 32.1. The van der Waals surface area contributed by atoms with Gasteiger partial charge in [0.1, 0.15) is 5.69 Å². The lowest BCUT2D eigenvalue weighted by molar-refractivity contribution is 0.0946. The molecule has 3 heterocycles. The van der Waals surface area contributed by atoms with Crippen molar-refractivity contribution in [3.05, 3.63) is 41.2 Å². The maximum absolute atomic E-state index is 11.9. The lowest BCUT2D eigenvalue weighted by Crippen LogP contribution is -2.28. The van der Waals surface area contributed by atoms with E-state index in [1.54, 1.807) is 24.6 Å². The third-order valence-electron chi connectivity index (χ3n) is 3.20. The van der Waals surface area contributed by atoms with E-state index in [2.05, 4.69) is 26.8 Å². The molecule has 8 heteroatoms. The van der Waals surface area contributed by atoms with Crippen LogP contribution in [0.3, 0.4) is 0 Å². The predicted molar refractivity (Wildman–Crippen MR) is 83.6 cm³/mol. The van der Waals surface area contributed by atoms with E-state index < -0.39 is 0 Å². The van der Waals surface area contributed by atoms with Crippen molar-refractivity contribution in [1.29, 1.82) is 0 Å². The van der Waals surface area contributed by atoms with Crippen LogP contribution in [0.4, 0.5) is 0 Å². The first-order valence-electron chi connectivity index (χ1n) is 6.86. The van der Waals surface area contributed by atoms with Crippen LogP contribution >= 0.6 is 11.3 Å². The Morgan fingerprint density at radius 2 is 2.32 bits per heavy atom. The Kier molecular flexibility index (Phi) is 4.01. The van der Waals surface area contributed by atoms with Gasteiger partial charge in [-0.15, -0.1) is 16.4 Å². The summed E-state index contributed by atoms with van der Waals surface area (Å²) in [6.07, 6.45) is 1.59. The fraction of sp³-hybridized carbons (Fsp3) is 0.286. The van der Waals surface area contributed by atoms with E-state index in [1.807, 2.05) is 29.1 Å². The normalized spacial score (nSPS) is 10.8. The molecule has 0 aliphatic heterocycles. The fourth-order valence-electron chi connectivity index (χ4n) is 2.10. The maximum atomic E-state index is 11.9. The van der Waals surface area contributed by atoms with E-state index in [1.165, 1.54) is 4.68 Å². The molecule has 0 unspecified atom stereocenters. The quantitative estimate of drug-likeness (QED) is 0.773. The van der Waals surface area contributed by atoms with E-state index in [4.69, 9.17) is 0 Å². The average Bonchev–Trinajstić information content (AvgIpc) is 3.20. The van der Waals surface area contributed by atoms with Gasteiger partial charge in [-0.2, -0.15) is 5.10 Å². The minimum Gasteiger partial charge on any atom is -0.349 e. The summed E-state index contributed by atoms with van der Waals surface area (Å²) < 4.78 is 3.39. The number of hydrogen-bond donors (Lipinski definition) is 1. The van der Waals surface area contributed by atoms with Crippen molar-refractivity contribution >= 4 is 17.2 Å². The number of nitrogens with one attached hydrogen (secondary N) is 1. The zero-order chi connectivity index (χ0) is 15.5. The van der Waals surface area contributed by atoms with E-state index >= 15 is 0 Å². The third kappa shape index (κ3) is 3.06. The van der Waals surface area contributed by atoms with Gasteiger partial charge in [0.25, 0.3) is 5.91 Å². The molecule has 0 aliphatic carbocycles. The molecule has 22 heavy (non-hydrogen) atoms. The topological polar surface area (TPSA) is 77.6 Å². The van der Waals surface area contributed by atoms with Crippen LogP contribution in [0.5, 0.6) is 0 Å².